The Balaban J connectivity index is 2.89. The number of ether oxygens (including phenoxy) is 2. The van der Waals surface area contributed by atoms with E-state index >= 15 is 0 Å². The molecule has 104 valence electrons. The summed E-state index contributed by atoms with van der Waals surface area (Å²) in [7, 11) is 0. The SMILES string of the molecule is CCOC(=O)C(=O)c1ccccc1OCC(F)(F)F. The van der Waals surface area contributed by atoms with Crippen LogP contribution in [0.2, 0.25) is 0 Å². The molecule has 0 aliphatic heterocycles. The molecule has 0 heterocycles. The van der Waals surface area contributed by atoms with Gasteiger partial charge in [-0.3, -0.25) is 4.79 Å². The molecule has 0 radical (unpaired) electrons. The number of hydrogen-bond donors (Lipinski definition) is 0. The summed E-state index contributed by atoms with van der Waals surface area (Å²) in [4.78, 5) is 22.9. The minimum atomic E-state index is -4.53. The molecule has 1 aromatic rings. The summed E-state index contributed by atoms with van der Waals surface area (Å²) in [6, 6.07) is 5.18. The van der Waals surface area contributed by atoms with Crippen molar-refractivity contribution in [1.29, 1.82) is 0 Å². The summed E-state index contributed by atoms with van der Waals surface area (Å²) >= 11 is 0. The van der Waals surface area contributed by atoms with E-state index < -0.39 is 24.5 Å². The lowest BCUT2D eigenvalue weighted by atomic mass is 10.1. The van der Waals surface area contributed by atoms with Crippen LogP contribution in [0.4, 0.5) is 13.2 Å². The molecule has 0 saturated heterocycles. The number of carbonyl (C=O) groups is 2. The molecule has 19 heavy (non-hydrogen) atoms. The first kappa shape index (κ1) is 15.0. The van der Waals surface area contributed by atoms with Gasteiger partial charge in [-0.15, -0.1) is 0 Å². The fourth-order valence-corrected chi connectivity index (χ4v) is 1.25. The second-order valence-electron chi connectivity index (χ2n) is 3.45. The minimum absolute atomic E-state index is 0.00382. The van der Waals surface area contributed by atoms with Crippen LogP contribution in [0.15, 0.2) is 24.3 Å². The number of benzene rings is 1. The summed E-state index contributed by atoms with van der Waals surface area (Å²) in [5.41, 5.74) is -0.259. The quantitative estimate of drug-likeness (QED) is 0.470. The summed E-state index contributed by atoms with van der Waals surface area (Å²) < 4.78 is 45.1. The van der Waals surface area contributed by atoms with Crippen LogP contribution in [0.5, 0.6) is 5.75 Å². The average molecular weight is 276 g/mol. The van der Waals surface area contributed by atoms with Crippen LogP contribution in [0.3, 0.4) is 0 Å². The van der Waals surface area contributed by atoms with Crippen molar-refractivity contribution in [2.24, 2.45) is 0 Å². The van der Waals surface area contributed by atoms with Gasteiger partial charge in [-0.05, 0) is 19.1 Å². The van der Waals surface area contributed by atoms with E-state index in [9.17, 15) is 22.8 Å². The first-order valence-corrected chi connectivity index (χ1v) is 5.35. The van der Waals surface area contributed by atoms with E-state index in [1.807, 2.05) is 0 Å². The van der Waals surface area contributed by atoms with Gasteiger partial charge in [0.2, 0.25) is 0 Å². The van der Waals surface area contributed by atoms with Gasteiger partial charge in [0.1, 0.15) is 5.75 Å². The van der Waals surface area contributed by atoms with E-state index in [4.69, 9.17) is 0 Å². The van der Waals surface area contributed by atoms with Crippen molar-refractivity contribution in [3.05, 3.63) is 29.8 Å². The Kier molecular flexibility index (Phi) is 4.91. The lowest BCUT2D eigenvalue weighted by molar-refractivity contribution is -0.153. The summed E-state index contributed by atoms with van der Waals surface area (Å²) in [5, 5.41) is 0. The number of hydrogen-bond acceptors (Lipinski definition) is 4. The molecular weight excluding hydrogens is 265 g/mol. The molecular formula is C12H11F3O4. The Labute approximate surface area is 107 Å². The number of para-hydroxylation sites is 1. The molecule has 0 amide bonds. The number of halogens is 3. The first-order valence-electron chi connectivity index (χ1n) is 5.35. The number of rotatable bonds is 5. The molecule has 0 aromatic heterocycles. The third-order valence-electron chi connectivity index (χ3n) is 1.98. The molecule has 0 spiro atoms. The van der Waals surface area contributed by atoms with Crippen molar-refractivity contribution in [1.82, 2.24) is 0 Å². The predicted molar refractivity (Wildman–Crippen MR) is 59.0 cm³/mol. The first-order chi connectivity index (χ1) is 8.85. The smallest absolute Gasteiger partial charge is 0.422 e. The van der Waals surface area contributed by atoms with E-state index in [0.29, 0.717) is 0 Å². The standard InChI is InChI=1S/C12H11F3O4/c1-2-18-11(17)10(16)8-5-3-4-6-9(8)19-7-12(13,14)15/h3-6H,2,7H2,1H3. The monoisotopic (exact) mass is 276 g/mol. The summed E-state index contributed by atoms with van der Waals surface area (Å²) in [6.07, 6.45) is -4.53. The summed E-state index contributed by atoms with van der Waals surface area (Å²) in [5.74, 6) is -2.48. The number of esters is 1. The highest BCUT2D eigenvalue weighted by Gasteiger charge is 2.30. The second-order valence-corrected chi connectivity index (χ2v) is 3.45. The largest absolute Gasteiger partial charge is 0.483 e. The maximum atomic E-state index is 12.1. The Bertz CT molecular complexity index is 468. The third-order valence-corrected chi connectivity index (χ3v) is 1.98. The zero-order chi connectivity index (χ0) is 14.5. The number of Topliss-reactive ketones (excluding diaryl/α,β-unsaturated/α-hetero) is 1. The molecule has 1 rings (SSSR count). The molecule has 0 aliphatic carbocycles. The van der Waals surface area contributed by atoms with Crippen LogP contribution < -0.4 is 4.74 Å². The fourth-order valence-electron chi connectivity index (χ4n) is 1.25. The van der Waals surface area contributed by atoms with Gasteiger partial charge in [0.15, 0.2) is 6.61 Å². The Morgan fingerprint density at radius 3 is 2.42 bits per heavy atom. The molecule has 1 aromatic carbocycles. The van der Waals surface area contributed by atoms with E-state index in [2.05, 4.69) is 9.47 Å². The lowest BCUT2D eigenvalue weighted by Crippen LogP contribution is -2.22. The van der Waals surface area contributed by atoms with Crippen molar-refractivity contribution >= 4 is 11.8 Å². The zero-order valence-electron chi connectivity index (χ0n) is 9.99. The molecule has 0 N–H and O–H groups in total. The van der Waals surface area contributed by atoms with Gasteiger partial charge in [-0.25, -0.2) is 4.79 Å². The molecule has 0 bridgehead atoms. The topological polar surface area (TPSA) is 52.6 Å². The highest BCUT2D eigenvalue weighted by Crippen LogP contribution is 2.22. The Morgan fingerprint density at radius 1 is 1.21 bits per heavy atom. The average Bonchev–Trinajstić information content (AvgIpc) is 2.35. The summed E-state index contributed by atoms with van der Waals surface area (Å²) in [6.45, 7) is -0.0342. The molecule has 0 saturated carbocycles. The second kappa shape index (κ2) is 6.21. The zero-order valence-corrected chi connectivity index (χ0v) is 9.99. The lowest BCUT2D eigenvalue weighted by Gasteiger charge is -2.11. The Hall–Kier alpha value is -2.05. The van der Waals surface area contributed by atoms with Crippen LogP contribution in [0.25, 0.3) is 0 Å². The van der Waals surface area contributed by atoms with Gasteiger partial charge in [0, 0.05) is 0 Å². The van der Waals surface area contributed by atoms with E-state index in [-0.39, 0.29) is 17.9 Å². The number of carbonyl (C=O) groups excluding carboxylic acids is 2. The predicted octanol–water partition coefficient (Wildman–Crippen LogP) is 2.37. The number of ketones is 1. The van der Waals surface area contributed by atoms with Gasteiger partial charge in [0.25, 0.3) is 5.78 Å². The van der Waals surface area contributed by atoms with Crippen molar-refractivity contribution in [2.75, 3.05) is 13.2 Å². The normalized spacial score (nSPS) is 10.9. The molecule has 4 nitrogen and oxygen atoms in total. The van der Waals surface area contributed by atoms with E-state index in [1.165, 1.54) is 31.2 Å². The molecule has 0 unspecified atom stereocenters. The van der Waals surface area contributed by atoms with Crippen LogP contribution in [-0.4, -0.2) is 31.1 Å². The highest BCUT2D eigenvalue weighted by atomic mass is 19.4. The van der Waals surface area contributed by atoms with Crippen LogP contribution >= 0.6 is 0 Å². The molecule has 0 fully saturated rings. The van der Waals surface area contributed by atoms with Gasteiger partial charge in [-0.1, -0.05) is 12.1 Å². The number of alkyl halides is 3. The highest BCUT2D eigenvalue weighted by molar-refractivity contribution is 6.41. The van der Waals surface area contributed by atoms with Gasteiger partial charge in [-0.2, -0.15) is 13.2 Å². The molecule has 7 heteroatoms. The van der Waals surface area contributed by atoms with E-state index in [0.717, 1.165) is 0 Å². The van der Waals surface area contributed by atoms with E-state index in [1.54, 1.807) is 0 Å². The third kappa shape index (κ3) is 4.61. The van der Waals surface area contributed by atoms with Gasteiger partial charge in [0.05, 0.1) is 12.2 Å². The van der Waals surface area contributed by atoms with Gasteiger partial charge >= 0.3 is 12.1 Å². The fraction of sp³-hybridized carbons (Fsp3) is 0.333. The van der Waals surface area contributed by atoms with Crippen molar-refractivity contribution < 1.29 is 32.2 Å². The van der Waals surface area contributed by atoms with Crippen LogP contribution in [0, 0.1) is 0 Å². The van der Waals surface area contributed by atoms with Crippen molar-refractivity contribution in [3.63, 3.8) is 0 Å². The maximum absolute atomic E-state index is 12.1. The van der Waals surface area contributed by atoms with Crippen molar-refractivity contribution in [3.8, 4) is 5.75 Å². The Morgan fingerprint density at radius 2 is 1.84 bits per heavy atom. The van der Waals surface area contributed by atoms with Crippen LogP contribution in [0.1, 0.15) is 17.3 Å². The minimum Gasteiger partial charge on any atom is -0.483 e. The van der Waals surface area contributed by atoms with Gasteiger partial charge < -0.3 is 9.47 Å². The maximum Gasteiger partial charge on any atom is 0.422 e. The molecule has 0 aliphatic rings. The van der Waals surface area contributed by atoms with Crippen molar-refractivity contribution in [2.45, 2.75) is 13.1 Å². The van der Waals surface area contributed by atoms with Crippen LogP contribution in [-0.2, 0) is 9.53 Å². The molecule has 0 atom stereocenters.